The van der Waals surface area contributed by atoms with Crippen LogP contribution in [0.15, 0.2) is 24.3 Å². The van der Waals surface area contributed by atoms with Crippen LogP contribution in [0.1, 0.15) is 39.2 Å². The number of benzene rings is 1. The predicted molar refractivity (Wildman–Crippen MR) is 102 cm³/mol. The highest BCUT2D eigenvalue weighted by molar-refractivity contribution is 5.33. The summed E-state index contributed by atoms with van der Waals surface area (Å²) >= 11 is 0. The molecule has 1 aliphatic carbocycles. The van der Waals surface area contributed by atoms with Gasteiger partial charge in [0.2, 0.25) is 0 Å². The maximum absolute atomic E-state index is 10.7. The SMILES string of the molecule is COc1ccccc1CC(C)N[C@@H]1CC2(C[C@H]1O)CN(C)C2C(C)C. The second-order valence-electron chi connectivity index (χ2n) is 8.63. The molecule has 2 fully saturated rings. The minimum absolute atomic E-state index is 0.194. The molecule has 1 aromatic carbocycles. The summed E-state index contributed by atoms with van der Waals surface area (Å²) in [5, 5.41) is 14.4. The Morgan fingerprint density at radius 1 is 1.28 bits per heavy atom. The maximum Gasteiger partial charge on any atom is 0.122 e. The van der Waals surface area contributed by atoms with Crippen LogP contribution in [0.4, 0.5) is 0 Å². The van der Waals surface area contributed by atoms with Gasteiger partial charge in [-0.2, -0.15) is 0 Å². The molecule has 1 aromatic rings. The first-order valence-corrected chi connectivity index (χ1v) is 9.62. The highest BCUT2D eigenvalue weighted by atomic mass is 16.5. The molecule has 0 aromatic heterocycles. The number of hydrogen-bond donors (Lipinski definition) is 2. The zero-order chi connectivity index (χ0) is 18.2. The average molecular weight is 347 g/mol. The molecule has 5 atom stereocenters. The first-order valence-electron chi connectivity index (χ1n) is 9.62. The van der Waals surface area contributed by atoms with Crippen LogP contribution in [-0.2, 0) is 6.42 Å². The molecule has 1 heterocycles. The van der Waals surface area contributed by atoms with Gasteiger partial charge in [-0.15, -0.1) is 0 Å². The van der Waals surface area contributed by atoms with Gasteiger partial charge >= 0.3 is 0 Å². The molecule has 3 unspecified atom stereocenters. The second-order valence-corrected chi connectivity index (χ2v) is 8.63. The van der Waals surface area contributed by atoms with Crippen LogP contribution in [0.5, 0.6) is 5.75 Å². The van der Waals surface area contributed by atoms with Gasteiger partial charge in [-0.1, -0.05) is 32.0 Å². The fourth-order valence-corrected chi connectivity index (χ4v) is 5.64. The number of ether oxygens (including phenoxy) is 1. The van der Waals surface area contributed by atoms with Crippen molar-refractivity contribution in [1.29, 1.82) is 0 Å². The van der Waals surface area contributed by atoms with Crippen molar-refractivity contribution in [3.63, 3.8) is 0 Å². The van der Waals surface area contributed by atoms with Gasteiger partial charge in [-0.3, -0.25) is 0 Å². The van der Waals surface area contributed by atoms with Crippen molar-refractivity contribution >= 4 is 0 Å². The van der Waals surface area contributed by atoms with Crippen LogP contribution in [0.25, 0.3) is 0 Å². The molecule has 25 heavy (non-hydrogen) atoms. The van der Waals surface area contributed by atoms with E-state index in [4.69, 9.17) is 4.74 Å². The van der Waals surface area contributed by atoms with E-state index in [2.05, 4.69) is 50.2 Å². The molecule has 1 saturated carbocycles. The number of likely N-dealkylation sites (tertiary alicyclic amines) is 1. The van der Waals surface area contributed by atoms with Crippen molar-refractivity contribution in [3.8, 4) is 5.75 Å². The Kier molecular flexibility index (Phi) is 5.42. The Balaban J connectivity index is 1.62. The molecule has 1 spiro atoms. The van der Waals surface area contributed by atoms with Crippen molar-refractivity contribution in [2.75, 3.05) is 20.7 Å². The van der Waals surface area contributed by atoms with Gasteiger partial charge in [0.25, 0.3) is 0 Å². The van der Waals surface area contributed by atoms with Crippen LogP contribution in [0.2, 0.25) is 0 Å². The normalized spacial score (nSPS) is 33.6. The number of nitrogens with zero attached hydrogens (tertiary/aromatic N) is 1. The molecule has 4 heteroatoms. The summed E-state index contributed by atoms with van der Waals surface area (Å²) < 4.78 is 5.47. The molecule has 1 aliphatic heterocycles. The number of rotatable bonds is 6. The quantitative estimate of drug-likeness (QED) is 0.831. The number of nitrogens with one attached hydrogen (secondary N) is 1. The Bertz CT molecular complexity index is 586. The summed E-state index contributed by atoms with van der Waals surface area (Å²) in [7, 11) is 3.94. The van der Waals surface area contributed by atoms with Gasteiger partial charge in [0.05, 0.1) is 13.2 Å². The zero-order valence-electron chi connectivity index (χ0n) is 16.3. The van der Waals surface area contributed by atoms with E-state index in [1.54, 1.807) is 7.11 Å². The van der Waals surface area contributed by atoms with Crippen LogP contribution >= 0.6 is 0 Å². The number of aliphatic hydroxyl groups excluding tert-OH is 1. The number of hydrogen-bond acceptors (Lipinski definition) is 4. The van der Waals surface area contributed by atoms with Crippen molar-refractivity contribution in [3.05, 3.63) is 29.8 Å². The standard InChI is InChI=1S/C21H34N2O2/c1-14(2)20-21(13-23(20)4)11-17(18(24)12-21)22-15(3)10-16-8-6-7-9-19(16)25-5/h6-9,14-15,17-18,20,22,24H,10-13H2,1-5H3/t15?,17-,18-,20?,21?/m1/s1. The van der Waals surface area contributed by atoms with E-state index in [0.29, 0.717) is 23.4 Å². The molecule has 2 N–H and O–H groups in total. The summed E-state index contributed by atoms with van der Waals surface area (Å²) in [4.78, 5) is 2.46. The van der Waals surface area contributed by atoms with Gasteiger partial charge in [0.1, 0.15) is 5.75 Å². The van der Waals surface area contributed by atoms with E-state index in [0.717, 1.165) is 31.6 Å². The maximum atomic E-state index is 10.7. The third-order valence-electron chi connectivity index (χ3n) is 6.22. The molecule has 4 nitrogen and oxygen atoms in total. The molecule has 0 radical (unpaired) electrons. The fraction of sp³-hybridized carbons (Fsp3) is 0.714. The summed E-state index contributed by atoms with van der Waals surface area (Å²) in [5.41, 5.74) is 1.51. The lowest BCUT2D eigenvalue weighted by Gasteiger charge is -2.57. The van der Waals surface area contributed by atoms with E-state index >= 15 is 0 Å². The van der Waals surface area contributed by atoms with Crippen molar-refractivity contribution < 1.29 is 9.84 Å². The van der Waals surface area contributed by atoms with Crippen molar-refractivity contribution in [1.82, 2.24) is 10.2 Å². The monoisotopic (exact) mass is 346 g/mol. The Morgan fingerprint density at radius 2 is 2.00 bits per heavy atom. The third-order valence-corrected chi connectivity index (χ3v) is 6.22. The summed E-state index contributed by atoms with van der Waals surface area (Å²) in [6.45, 7) is 7.93. The second kappa shape index (κ2) is 7.26. The Morgan fingerprint density at radius 3 is 2.64 bits per heavy atom. The van der Waals surface area contributed by atoms with Crippen LogP contribution in [-0.4, -0.2) is 54.9 Å². The predicted octanol–water partition coefficient (Wildman–Crippen LogP) is 2.70. The fourth-order valence-electron chi connectivity index (χ4n) is 5.64. The minimum Gasteiger partial charge on any atom is -0.496 e. The first kappa shape index (κ1) is 18.7. The smallest absolute Gasteiger partial charge is 0.122 e. The highest BCUT2D eigenvalue weighted by Gasteiger charge is 2.58. The molecular weight excluding hydrogens is 312 g/mol. The molecule has 0 amide bonds. The molecule has 1 saturated heterocycles. The van der Waals surface area contributed by atoms with Crippen LogP contribution in [0, 0.1) is 11.3 Å². The molecule has 0 bridgehead atoms. The van der Waals surface area contributed by atoms with Gasteiger partial charge in [-0.25, -0.2) is 0 Å². The molecular formula is C21H34N2O2. The highest BCUT2D eigenvalue weighted by Crippen LogP contribution is 2.52. The number of para-hydroxylation sites is 1. The molecule has 3 rings (SSSR count). The molecule has 2 aliphatic rings. The lowest BCUT2D eigenvalue weighted by Crippen LogP contribution is -2.64. The number of aliphatic hydroxyl groups is 1. The summed E-state index contributed by atoms with van der Waals surface area (Å²) in [6, 6.07) is 9.29. The van der Waals surface area contributed by atoms with E-state index in [1.807, 2.05) is 12.1 Å². The van der Waals surface area contributed by atoms with E-state index in [-0.39, 0.29) is 12.1 Å². The Hall–Kier alpha value is -1.10. The average Bonchev–Trinajstić information content (AvgIpc) is 2.84. The van der Waals surface area contributed by atoms with Crippen LogP contribution < -0.4 is 10.1 Å². The Labute approximate surface area is 152 Å². The van der Waals surface area contributed by atoms with Gasteiger partial charge in [-0.05, 0) is 50.8 Å². The summed E-state index contributed by atoms with van der Waals surface area (Å²) in [5.74, 6) is 1.58. The third kappa shape index (κ3) is 3.57. The zero-order valence-corrected chi connectivity index (χ0v) is 16.3. The van der Waals surface area contributed by atoms with Crippen molar-refractivity contribution in [2.45, 2.75) is 64.3 Å². The largest absolute Gasteiger partial charge is 0.496 e. The van der Waals surface area contributed by atoms with Gasteiger partial charge in [0, 0.05) is 30.1 Å². The van der Waals surface area contributed by atoms with Crippen molar-refractivity contribution in [2.24, 2.45) is 11.3 Å². The van der Waals surface area contributed by atoms with E-state index < -0.39 is 0 Å². The van der Waals surface area contributed by atoms with Gasteiger partial charge in [0.15, 0.2) is 0 Å². The first-order chi connectivity index (χ1) is 11.9. The lowest BCUT2D eigenvalue weighted by molar-refractivity contribution is -0.0828. The topological polar surface area (TPSA) is 44.7 Å². The van der Waals surface area contributed by atoms with Gasteiger partial charge < -0.3 is 20.1 Å². The minimum atomic E-state index is -0.241. The van der Waals surface area contributed by atoms with E-state index in [1.165, 1.54) is 5.56 Å². The lowest BCUT2D eigenvalue weighted by atomic mass is 9.66. The summed E-state index contributed by atoms with van der Waals surface area (Å²) in [6.07, 6.45) is 2.68. The van der Waals surface area contributed by atoms with Crippen LogP contribution in [0.3, 0.4) is 0 Å². The number of methoxy groups -OCH3 is 1. The molecule has 140 valence electrons. The van der Waals surface area contributed by atoms with E-state index in [9.17, 15) is 5.11 Å².